The van der Waals surface area contributed by atoms with Gasteiger partial charge >= 0.3 is 5.97 Å². The smallest absolute Gasteiger partial charge is 0.305 e. The number of esters is 1. The number of hydrogen-bond donors (Lipinski definition) is 3. The third kappa shape index (κ3) is 63.3. The molecule has 3 N–H and O–H groups in total. The number of rotatable bonds is 66. The van der Waals surface area contributed by atoms with Gasteiger partial charge in [-0.2, -0.15) is 0 Å². The van der Waals surface area contributed by atoms with Gasteiger partial charge in [0.1, 0.15) is 0 Å². The van der Waals surface area contributed by atoms with Crippen LogP contribution >= 0.6 is 0 Å². The summed E-state index contributed by atoms with van der Waals surface area (Å²) in [6.07, 6.45) is 86.8. The molecule has 0 bridgehead atoms. The van der Waals surface area contributed by atoms with Crippen LogP contribution in [0.1, 0.15) is 386 Å². The van der Waals surface area contributed by atoms with Crippen LogP contribution in [0.2, 0.25) is 0 Å². The van der Waals surface area contributed by atoms with Crippen molar-refractivity contribution in [2.75, 3.05) is 13.2 Å². The lowest BCUT2D eigenvalue weighted by Crippen LogP contribution is -2.45. The van der Waals surface area contributed by atoms with Crippen LogP contribution in [-0.2, 0) is 14.3 Å². The van der Waals surface area contributed by atoms with Gasteiger partial charge in [-0.25, -0.2) is 0 Å². The van der Waals surface area contributed by atoms with Gasteiger partial charge in [-0.15, -0.1) is 0 Å². The molecule has 78 heavy (non-hydrogen) atoms. The Morgan fingerprint density at radius 1 is 0.359 bits per heavy atom. The van der Waals surface area contributed by atoms with Crippen LogP contribution in [0, 0.1) is 0 Å². The van der Waals surface area contributed by atoms with E-state index in [9.17, 15) is 19.8 Å². The summed E-state index contributed by atoms with van der Waals surface area (Å²) in [5.74, 6) is -0.0464. The minimum absolute atomic E-state index is 0.0208. The highest BCUT2D eigenvalue weighted by Crippen LogP contribution is 2.18. The Balaban J connectivity index is 3.34. The first-order chi connectivity index (χ1) is 38.5. The molecule has 0 spiro atoms. The molecule has 0 radical (unpaired) electrons. The molecular weight excluding hydrogens is 959 g/mol. The van der Waals surface area contributed by atoms with Crippen LogP contribution in [0.15, 0.2) is 36.5 Å². The number of aliphatic hydroxyl groups is 2. The highest BCUT2D eigenvalue weighted by Gasteiger charge is 2.18. The van der Waals surface area contributed by atoms with Crippen LogP contribution < -0.4 is 5.32 Å². The van der Waals surface area contributed by atoms with E-state index in [1.54, 1.807) is 6.08 Å². The molecule has 0 heterocycles. The van der Waals surface area contributed by atoms with Gasteiger partial charge in [0, 0.05) is 12.8 Å². The highest BCUT2D eigenvalue weighted by molar-refractivity contribution is 5.76. The second kappa shape index (κ2) is 67.6. The molecule has 0 aliphatic heterocycles. The average molecular weight is 1100 g/mol. The molecule has 0 saturated carbocycles. The van der Waals surface area contributed by atoms with Crippen molar-refractivity contribution in [2.24, 2.45) is 0 Å². The van der Waals surface area contributed by atoms with E-state index in [1.165, 1.54) is 315 Å². The lowest BCUT2D eigenvalue weighted by molar-refractivity contribution is -0.143. The predicted molar refractivity (Wildman–Crippen MR) is 343 cm³/mol. The standard InChI is InChI=1S/C72H137NO5/c1-3-5-7-9-11-13-14-15-16-36-40-43-46-50-54-58-62-66-72(77)78-67-63-59-55-51-47-44-41-38-35-33-31-29-27-25-23-21-19-17-18-20-22-24-26-28-30-32-34-37-39-42-45-49-53-57-61-65-71(76)73-69(68-74)70(75)64-60-56-52-48-12-10-8-6-4-2/h19,21,25,27,60,64,69-70,74-75H,3-18,20,22-24,26,28-59,61-63,65-68H2,1-2H3,(H,73,76)/b21-19-,27-25-,64-60+. The molecule has 6 nitrogen and oxygen atoms in total. The van der Waals surface area contributed by atoms with Crippen LogP contribution in [0.5, 0.6) is 0 Å². The molecular formula is C72H137NO5. The summed E-state index contributed by atoms with van der Waals surface area (Å²) in [6, 6.07) is -0.624. The zero-order chi connectivity index (χ0) is 56.4. The Labute approximate surface area is 487 Å². The van der Waals surface area contributed by atoms with Gasteiger partial charge in [-0.3, -0.25) is 9.59 Å². The van der Waals surface area contributed by atoms with E-state index in [-0.39, 0.29) is 18.5 Å². The van der Waals surface area contributed by atoms with Crippen molar-refractivity contribution >= 4 is 11.9 Å². The first kappa shape index (κ1) is 76.1. The molecule has 0 rings (SSSR count). The van der Waals surface area contributed by atoms with Crippen LogP contribution in [0.4, 0.5) is 0 Å². The molecule has 1 amide bonds. The van der Waals surface area contributed by atoms with Gasteiger partial charge in [-0.05, 0) is 64.2 Å². The van der Waals surface area contributed by atoms with E-state index in [2.05, 4.69) is 43.5 Å². The van der Waals surface area contributed by atoms with Gasteiger partial charge in [0.05, 0.1) is 25.4 Å². The Morgan fingerprint density at radius 2 is 0.641 bits per heavy atom. The summed E-state index contributed by atoms with van der Waals surface area (Å²) < 4.78 is 5.51. The fourth-order valence-corrected chi connectivity index (χ4v) is 11.0. The quantitative estimate of drug-likeness (QED) is 0.0320. The number of allylic oxidation sites excluding steroid dienone is 5. The minimum atomic E-state index is -0.840. The molecule has 2 unspecified atom stereocenters. The van der Waals surface area contributed by atoms with E-state index >= 15 is 0 Å². The van der Waals surface area contributed by atoms with Gasteiger partial charge in [0.25, 0.3) is 0 Å². The van der Waals surface area contributed by atoms with Gasteiger partial charge in [0.15, 0.2) is 0 Å². The lowest BCUT2D eigenvalue weighted by Gasteiger charge is -2.20. The normalized spacial score (nSPS) is 12.7. The summed E-state index contributed by atoms with van der Waals surface area (Å²) in [5, 5.41) is 23.0. The Bertz CT molecular complexity index is 1260. The molecule has 0 aromatic heterocycles. The molecule has 0 aromatic carbocycles. The summed E-state index contributed by atoms with van der Waals surface area (Å²) in [6.45, 7) is 4.90. The van der Waals surface area contributed by atoms with Crippen LogP contribution in [0.3, 0.4) is 0 Å². The van der Waals surface area contributed by atoms with E-state index < -0.39 is 12.1 Å². The lowest BCUT2D eigenvalue weighted by atomic mass is 10.0. The maximum Gasteiger partial charge on any atom is 0.305 e. The number of amides is 1. The molecule has 460 valence electrons. The van der Waals surface area contributed by atoms with Gasteiger partial charge in [-0.1, -0.05) is 346 Å². The summed E-state index contributed by atoms with van der Waals surface area (Å²) in [7, 11) is 0. The molecule has 0 saturated heterocycles. The summed E-state index contributed by atoms with van der Waals surface area (Å²) in [4.78, 5) is 24.5. The van der Waals surface area contributed by atoms with Crippen LogP contribution in [0.25, 0.3) is 0 Å². The summed E-state index contributed by atoms with van der Waals surface area (Å²) >= 11 is 0. The third-order valence-electron chi connectivity index (χ3n) is 16.4. The van der Waals surface area contributed by atoms with Crippen LogP contribution in [-0.4, -0.2) is 47.4 Å². The fraction of sp³-hybridized carbons (Fsp3) is 0.889. The largest absolute Gasteiger partial charge is 0.466 e. The second-order valence-electron chi connectivity index (χ2n) is 24.2. The molecule has 2 atom stereocenters. The van der Waals surface area contributed by atoms with Crippen molar-refractivity contribution in [3.8, 4) is 0 Å². The highest BCUT2D eigenvalue weighted by atomic mass is 16.5. The van der Waals surface area contributed by atoms with Crippen molar-refractivity contribution in [2.45, 2.75) is 398 Å². The Hall–Kier alpha value is -1.92. The SMILES string of the molecule is CCCCCCCCC/C=C/C(O)C(CO)NC(=O)CCCCCCCCCCCCCCCCCCC/C=C\C/C=C\CCCCCCCCCCCCCOC(=O)CCCCCCCCCCCCCCCCCCC. The van der Waals surface area contributed by atoms with Gasteiger partial charge < -0.3 is 20.3 Å². The maximum absolute atomic E-state index is 12.4. The van der Waals surface area contributed by atoms with Gasteiger partial charge in [0.2, 0.25) is 5.91 Å². The number of ether oxygens (including phenoxy) is 1. The first-order valence-corrected chi connectivity index (χ1v) is 35.3. The number of unbranched alkanes of at least 4 members (excludes halogenated alkanes) is 51. The number of carbonyl (C=O) groups excluding carboxylic acids is 2. The minimum Gasteiger partial charge on any atom is -0.466 e. The predicted octanol–water partition coefficient (Wildman–Crippen LogP) is 22.7. The molecule has 0 fully saturated rings. The van der Waals surface area contributed by atoms with Crippen molar-refractivity contribution in [1.29, 1.82) is 0 Å². The fourth-order valence-electron chi connectivity index (χ4n) is 11.0. The van der Waals surface area contributed by atoms with Crippen molar-refractivity contribution < 1.29 is 24.5 Å². The number of aliphatic hydroxyl groups excluding tert-OH is 2. The number of nitrogens with one attached hydrogen (secondary N) is 1. The monoisotopic (exact) mass is 1100 g/mol. The Morgan fingerprint density at radius 3 is 0.974 bits per heavy atom. The molecule has 0 aliphatic rings. The zero-order valence-electron chi connectivity index (χ0n) is 52.7. The third-order valence-corrected chi connectivity index (χ3v) is 16.4. The maximum atomic E-state index is 12.4. The van der Waals surface area contributed by atoms with E-state index in [0.717, 1.165) is 44.9 Å². The topological polar surface area (TPSA) is 95.9 Å². The number of hydrogen-bond acceptors (Lipinski definition) is 5. The Kier molecular flexibility index (Phi) is 65.9. The summed E-state index contributed by atoms with van der Waals surface area (Å²) in [5.41, 5.74) is 0. The second-order valence-corrected chi connectivity index (χ2v) is 24.2. The first-order valence-electron chi connectivity index (χ1n) is 35.3. The van der Waals surface area contributed by atoms with Crippen molar-refractivity contribution in [3.63, 3.8) is 0 Å². The van der Waals surface area contributed by atoms with E-state index in [4.69, 9.17) is 4.74 Å². The zero-order valence-corrected chi connectivity index (χ0v) is 52.7. The molecule has 0 aromatic rings. The van der Waals surface area contributed by atoms with Crippen molar-refractivity contribution in [1.82, 2.24) is 5.32 Å². The average Bonchev–Trinajstić information content (AvgIpc) is 3.44. The number of carbonyl (C=O) groups is 2. The van der Waals surface area contributed by atoms with E-state index in [0.29, 0.717) is 19.4 Å². The molecule has 0 aliphatic carbocycles. The van der Waals surface area contributed by atoms with Crippen molar-refractivity contribution in [3.05, 3.63) is 36.5 Å². The molecule has 6 heteroatoms. The van der Waals surface area contributed by atoms with E-state index in [1.807, 2.05) is 6.08 Å².